The Hall–Kier alpha value is -2.74. The van der Waals surface area contributed by atoms with Gasteiger partial charge in [0.2, 0.25) is 6.10 Å². The maximum absolute atomic E-state index is 11.1. The molecule has 1 unspecified atom stereocenters. The lowest BCUT2D eigenvalue weighted by atomic mass is 10.1. The van der Waals surface area contributed by atoms with E-state index in [1.54, 1.807) is 6.07 Å². The first-order valence-corrected chi connectivity index (χ1v) is 5.95. The third kappa shape index (κ3) is 3.06. The summed E-state index contributed by atoms with van der Waals surface area (Å²) in [6, 6.07) is 5.67. The zero-order valence-corrected chi connectivity index (χ0v) is 11.1. The van der Waals surface area contributed by atoms with Crippen molar-refractivity contribution in [2.24, 2.45) is 0 Å². The Kier molecular flexibility index (Phi) is 4.29. The molecule has 2 aromatic rings. The minimum atomic E-state index is -1.22. The number of carboxylic acids is 1. The standard InChI is InChI=1S/C13H12N2O6/c1-20-7-11(13(16)17)21-10-5-4-9(15(18)19)8-3-2-6-14-12(8)10/h2-6,11H,7H2,1H3,(H,16,17). The second kappa shape index (κ2) is 6.14. The summed E-state index contributed by atoms with van der Waals surface area (Å²) in [6.45, 7) is -0.152. The number of pyridine rings is 1. The van der Waals surface area contributed by atoms with Gasteiger partial charge in [-0.2, -0.15) is 0 Å². The molecular weight excluding hydrogens is 280 g/mol. The van der Waals surface area contributed by atoms with Crippen molar-refractivity contribution in [3.05, 3.63) is 40.6 Å². The number of aromatic nitrogens is 1. The number of nitrogens with zero attached hydrogens (tertiary/aromatic N) is 2. The summed E-state index contributed by atoms with van der Waals surface area (Å²) in [5.41, 5.74) is 0.109. The van der Waals surface area contributed by atoms with Crippen LogP contribution in [0.5, 0.6) is 5.75 Å². The molecule has 0 aliphatic heterocycles. The molecule has 1 heterocycles. The largest absolute Gasteiger partial charge is 0.478 e. The number of carbonyl (C=O) groups is 1. The van der Waals surface area contributed by atoms with Gasteiger partial charge >= 0.3 is 5.97 Å². The molecule has 8 nitrogen and oxygen atoms in total. The Balaban J connectivity index is 2.48. The van der Waals surface area contributed by atoms with Crippen LogP contribution in [0.3, 0.4) is 0 Å². The molecule has 1 aromatic carbocycles. The molecule has 110 valence electrons. The van der Waals surface area contributed by atoms with Crippen molar-refractivity contribution in [3.63, 3.8) is 0 Å². The van der Waals surface area contributed by atoms with Gasteiger partial charge < -0.3 is 14.6 Å². The fourth-order valence-corrected chi connectivity index (χ4v) is 1.85. The van der Waals surface area contributed by atoms with E-state index in [0.29, 0.717) is 0 Å². The number of nitro groups is 1. The number of nitro benzene ring substituents is 1. The second-order valence-electron chi connectivity index (χ2n) is 4.14. The van der Waals surface area contributed by atoms with Crippen LogP contribution >= 0.6 is 0 Å². The molecule has 1 N–H and O–H groups in total. The van der Waals surface area contributed by atoms with Crippen molar-refractivity contribution in [1.29, 1.82) is 0 Å². The zero-order valence-electron chi connectivity index (χ0n) is 11.1. The smallest absolute Gasteiger partial charge is 0.347 e. The van der Waals surface area contributed by atoms with Crippen molar-refractivity contribution >= 4 is 22.6 Å². The Morgan fingerprint density at radius 2 is 2.24 bits per heavy atom. The minimum Gasteiger partial charge on any atom is -0.478 e. The van der Waals surface area contributed by atoms with E-state index in [1.807, 2.05) is 0 Å². The van der Waals surface area contributed by atoms with Gasteiger partial charge in [-0.1, -0.05) is 0 Å². The second-order valence-corrected chi connectivity index (χ2v) is 4.14. The molecule has 0 radical (unpaired) electrons. The minimum absolute atomic E-state index is 0.121. The highest BCUT2D eigenvalue weighted by Gasteiger charge is 2.22. The molecule has 0 bridgehead atoms. The fraction of sp³-hybridized carbons (Fsp3) is 0.231. The lowest BCUT2D eigenvalue weighted by molar-refractivity contribution is -0.383. The van der Waals surface area contributed by atoms with Crippen molar-refractivity contribution in [2.45, 2.75) is 6.10 Å². The summed E-state index contributed by atoms with van der Waals surface area (Å²) in [5.74, 6) is -1.04. The van der Waals surface area contributed by atoms with Crippen molar-refractivity contribution < 1.29 is 24.3 Å². The van der Waals surface area contributed by atoms with Gasteiger partial charge in [-0.3, -0.25) is 15.1 Å². The lowest BCUT2D eigenvalue weighted by Crippen LogP contribution is -2.31. The van der Waals surface area contributed by atoms with E-state index in [0.717, 1.165) is 0 Å². The van der Waals surface area contributed by atoms with E-state index >= 15 is 0 Å². The topological polar surface area (TPSA) is 112 Å². The van der Waals surface area contributed by atoms with Crippen molar-refractivity contribution in [3.8, 4) is 5.75 Å². The number of carboxylic acid groups (broad SMARTS) is 1. The number of methoxy groups -OCH3 is 1. The monoisotopic (exact) mass is 292 g/mol. The highest BCUT2D eigenvalue weighted by atomic mass is 16.6. The first-order chi connectivity index (χ1) is 10.0. The molecule has 1 atom stereocenters. The van der Waals surface area contributed by atoms with E-state index in [-0.39, 0.29) is 28.9 Å². The molecule has 8 heteroatoms. The normalized spacial score (nSPS) is 12.0. The third-order valence-corrected chi connectivity index (χ3v) is 2.77. The van der Waals surface area contributed by atoms with Crippen LogP contribution in [-0.4, -0.2) is 40.8 Å². The molecule has 0 aliphatic rings. The number of fused-ring (bicyclic) bond motifs is 1. The summed E-state index contributed by atoms with van der Waals surface area (Å²) in [4.78, 5) is 25.6. The summed E-state index contributed by atoms with van der Waals surface area (Å²) in [6.07, 6.45) is 0.229. The highest BCUT2D eigenvalue weighted by molar-refractivity contribution is 5.92. The van der Waals surface area contributed by atoms with Crippen LogP contribution in [0.4, 0.5) is 5.69 Å². The Labute approximate surface area is 119 Å². The van der Waals surface area contributed by atoms with Gasteiger partial charge in [0.1, 0.15) is 11.3 Å². The molecule has 0 saturated heterocycles. The first-order valence-electron chi connectivity index (χ1n) is 5.95. The van der Waals surface area contributed by atoms with Crippen LogP contribution in [-0.2, 0) is 9.53 Å². The van der Waals surface area contributed by atoms with Gasteiger partial charge in [0, 0.05) is 19.4 Å². The Bertz CT molecular complexity index is 687. The van der Waals surface area contributed by atoms with Gasteiger partial charge in [0.15, 0.2) is 0 Å². The fourth-order valence-electron chi connectivity index (χ4n) is 1.85. The molecular formula is C13H12N2O6. The van der Waals surface area contributed by atoms with Crippen LogP contribution in [0.15, 0.2) is 30.5 Å². The Morgan fingerprint density at radius 3 is 2.86 bits per heavy atom. The molecule has 2 rings (SSSR count). The van der Waals surface area contributed by atoms with Gasteiger partial charge in [0.25, 0.3) is 5.69 Å². The van der Waals surface area contributed by atoms with Crippen LogP contribution in [0, 0.1) is 10.1 Å². The van der Waals surface area contributed by atoms with E-state index in [4.69, 9.17) is 14.6 Å². The number of aliphatic carboxylic acids is 1. The first kappa shape index (κ1) is 14.7. The maximum atomic E-state index is 11.1. The lowest BCUT2D eigenvalue weighted by Gasteiger charge is -2.15. The van der Waals surface area contributed by atoms with Crippen LogP contribution < -0.4 is 4.74 Å². The summed E-state index contributed by atoms with van der Waals surface area (Å²) >= 11 is 0. The van der Waals surface area contributed by atoms with Gasteiger partial charge in [0.05, 0.1) is 16.9 Å². The summed E-state index contributed by atoms with van der Waals surface area (Å²) in [5, 5.41) is 20.3. The number of benzene rings is 1. The van der Waals surface area contributed by atoms with E-state index in [9.17, 15) is 14.9 Å². The molecule has 0 spiro atoms. The molecule has 0 amide bonds. The highest BCUT2D eigenvalue weighted by Crippen LogP contribution is 2.31. The molecule has 21 heavy (non-hydrogen) atoms. The van der Waals surface area contributed by atoms with Gasteiger partial charge in [-0.25, -0.2) is 4.79 Å². The summed E-state index contributed by atoms with van der Waals surface area (Å²) < 4.78 is 10.1. The quantitative estimate of drug-likeness (QED) is 0.635. The third-order valence-electron chi connectivity index (χ3n) is 2.77. The zero-order chi connectivity index (χ0) is 15.4. The van der Waals surface area contributed by atoms with Crippen LogP contribution in [0.1, 0.15) is 0 Å². The van der Waals surface area contributed by atoms with Gasteiger partial charge in [-0.15, -0.1) is 0 Å². The predicted molar refractivity (Wildman–Crippen MR) is 72.3 cm³/mol. The molecule has 0 fully saturated rings. The molecule has 0 saturated carbocycles. The van der Waals surface area contributed by atoms with E-state index < -0.39 is 17.0 Å². The van der Waals surface area contributed by atoms with E-state index in [2.05, 4.69) is 4.98 Å². The summed E-state index contributed by atoms with van der Waals surface area (Å²) in [7, 11) is 1.35. The maximum Gasteiger partial charge on any atom is 0.347 e. The van der Waals surface area contributed by atoms with E-state index in [1.165, 1.54) is 31.5 Å². The number of rotatable bonds is 6. The van der Waals surface area contributed by atoms with Crippen LogP contribution in [0.25, 0.3) is 10.9 Å². The average Bonchev–Trinajstić information content (AvgIpc) is 2.46. The number of hydrogen-bond donors (Lipinski definition) is 1. The van der Waals surface area contributed by atoms with Crippen LogP contribution in [0.2, 0.25) is 0 Å². The average molecular weight is 292 g/mol. The molecule has 1 aromatic heterocycles. The SMILES string of the molecule is COCC(Oc1ccc([N+](=O)[O-])c2cccnc12)C(=O)O. The number of ether oxygens (including phenoxy) is 2. The molecule has 0 aliphatic carbocycles. The number of hydrogen-bond acceptors (Lipinski definition) is 6. The van der Waals surface area contributed by atoms with Crippen molar-refractivity contribution in [2.75, 3.05) is 13.7 Å². The predicted octanol–water partition coefficient (Wildman–Crippen LogP) is 1.62. The Morgan fingerprint density at radius 1 is 1.48 bits per heavy atom. The van der Waals surface area contributed by atoms with Crippen molar-refractivity contribution in [1.82, 2.24) is 4.98 Å². The van der Waals surface area contributed by atoms with Gasteiger partial charge in [-0.05, 0) is 18.2 Å². The number of non-ortho nitro benzene ring substituents is 1.